The molecule has 0 saturated carbocycles. The van der Waals surface area contributed by atoms with Crippen LogP contribution in [0, 0.1) is 6.92 Å². The van der Waals surface area contributed by atoms with Gasteiger partial charge >= 0.3 is 0 Å². The molecule has 3 nitrogen and oxygen atoms in total. The van der Waals surface area contributed by atoms with Crippen LogP contribution in [0.5, 0.6) is 0 Å². The SMILES string of the molecule is Cc1ccc(N(C)C(=O)C(C)(C)N)cc1. The highest BCUT2D eigenvalue weighted by Crippen LogP contribution is 2.16. The third-order valence-electron chi connectivity index (χ3n) is 2.28. The monoisotopic (exact) mass is 206 g/mol. The molecule has 2 N–H and O–H groups in total. The standard InChI is InChI=1S/C12H18N2O/c1-9-5-7-10(8-6-9)14(4)11(15)12(2,3)13/h5-8H,13H2,1-4H3. The van der Waals surface area contributed by atoms with Gasteiger partial charge in [0.15, 0.2) is 0 Å². The van der Waals surface area contributed by atoms with Crippen molar-refractivity contribution >= 4 is 11.6 Å². The minimum Gasteiger partial charge on any atom is -0.318 e. The van der Waals surface area contributed by atoms with Gasteiger partial charge in [0.2, 0.25) is 5.91 Å². The number of rotatable bonds is 2. The van der Waals surface area contributed by atoms with E-state index in [4.69, 9.17) is 5.73 Å². The van der Waals surface area contributed by atoms with Crippen LogP contribution >= 0.6 is 0 Å². The van der Waals surface area contributed by atoms with Crippen LogP contribution < -0.4 is 10.6 Å². The van der Waals surface area contributed by atoms with E-state index in [1.165, 1.54) is 5.56 Å². The average Bonchev–Trinajstić information content (AvgIpc) is 2.15. The van der Waals surface area contributed by atoms with Crippen molar-refractivity contribution in [2.24, 2.45) is 5.73 Å². The molecule has 15 heavy (non-hydrogen) atoms. The molecule has 1 amide bonds. The molecule has 0 aromatic heterocycles. The number of hydrogen-bond acceptors (Lipinski definition) is 2. The summed E-state index contributed by atoms with van der Waals surface area (Å²) >= 11 is 0. The molecule has 0 aliphatic rings. The first-order chi connectivity index (χ1) is 6.82. The summed E-state index contributed by atoms with van der Waals surface area (Å²) in [5, 5.41) is 0. The van der Waals surface area contributed by atoms with E-state index in [-0.39, 0.29) is 5.91 Å². The van der Waals surface area contributed by atoms with E-state index in [9.17, 15) is 4.79 Å². The number of nitrogens with two attached hydrogens (primary N) is 1. The molecule has 0 spiro atoms. The molecule has 0 heterocycles. The summed E-state index contributed by atoms with van der Waals surface area (Å²) in [5.74, 6) is -0.0913. The van der Waals surface area contributed by atoms with E-state index in [2.05, 4.69) is 0 Å². The number of aryl methyl sites for hydroxylation is 1. The number of carbonyl (C=O) groups is 1. The summed E-state index contributed by atoms with van der Waals surface area (Å²) < 4.78 is 0. The Morgan fingerprint density at radius 2 is 1.73 bits per heavy atom. The largest absolute Gasteiger partial charge is 0.318 e. The quantitative estimate of drug-likeness (QED) is 0.800. The summed E-state index contributed by atoms with van der Waals surface area (Å²) in [4.78, 5) is 13.4. The molecule has 0 fully saturated rings. The predicted molar refractivity (Wildman–Crippen MR) is 62.9 cm³/mol. The molecule has 0 aliphatic heterocycles. The van der Waals surface area contributed by atoms with Crippen molar-refractivity contribution in [2.75, 3.05) is 11.9 Å². The van der Waals surface area contributed by atoms with Gasteiger partial charge in [-0.3, -0.25) is 4.79 Å². The molecule has 0 saturated heterocycles. The zero-order valence-electron chi connectivity index (χ0n) is 9.74. The Labute approximate surface area is 90.9 Å². The predicted octanol–water partition coefficient (Wildman–Crippen LogP) is 1.70. The molecular weight excluding hydrogens is 188 g/mol. The van der Waals surface area contributed by atoms with Crippen LogP contribution in [0.1, 0.15) is 19.4 Å². The summed E-state index contributed by atoms with van der Waals surface area (Å²) in [6.07, 6.45) is 0. The molecule has 3 heteroatoms. The van der Waals surface area contributed by atoms with Gasteiger partial charge in [-0.05, 0) is 32.9 Å². The Balaban J connectivity index is 2.90. The summed E-state index contributed by atoms with van der Waals surface area (Å²) in [6, 6.07) is 7.78. The van der Waals surface area contributed by atoms with Crippen molar-refractivity contribution in [3.05, 3.63) is 29.8 Å². The number of amides is 1. The first kappa shape index (κ1) is 11.7. The van der Waals surface area contributed by atoms with Gasteiger partial charge in [0.25, 0.3) is 0 Å². The van der Waals surface area contributed by atoms with Crippen molar-refractivity contribution in [1.82, 2.24) is 0 Å². The fraction of sp³-hybridized carbons (Fsp3) is 0.417. The molecule has 0 atom stereocenters. The van der Waals surface area contributed by atoms with Crippen LogP contribution in [0.15, 0.2) is 24.3 Å². The highest BCUT2D eigenvalue weighted by Gasteiger charge is 2.26. The highest BCUT2D eigenvalue weighted by atomic mass is 16.2. The molecule has 0 aliphatic carbocycles. The second-order valence-corrected chi connectivity index (χ2v) is 4.42. The van der Waals surface area contributed by atoms with Gasteiger partial charge in [0, 0.05) is 12.7 Å². The maximum Gasteiger partial charge on any atom is 0.246 e. The lowest BCUT2D eigenvalue weighted by atomic mass is 10.1. The van der Waals surface area contributed by atoms with Gasteiger partial charge in [-0.1, -0.05) is 17.7 Å². The summed E-state index contributed by atoms with van der Waals surface area (Å²) in [5.41, 5.74) is 6.96. The molecule has 1 aromatic carbocycles. The van der Waals surface area contributed by atoms with Gasteiger partial charge in [0.05, 0.1) is 5.54 Å². The van der Waals surface area contributed by atoms with Crippen LogP contribution in [0.3, 0.4) is 0 Å². The third kappa shape index (κ3) is 2.80. The van der Waals surface area contributed by atoms with Crippen molar-refractivity contribution in [3.8, 4) is 0 Å². The molecule has 0 bridgehead atoms. The zero-order valence-corrected chi connectivity index (χ0v) is 9.74. The molecule has 0 radical (unpaired) electrons. The van der Waals surface area contributed by atoms with Crippen LogP contribution in [0.2, 0.25) is 0 Å². The number of benzene rings is 1. The lowest BCUT2D eigenvalue weighted by Gasteiger charge is -2.25. The number of carbonyl (C=O) groups excluding carboxylic acids is 1. The fourth-order valence-corrected chi connectivity index (χ4v) is 1.32. The first-order valence-corrected chi connectivity index (χ1v) is 4.96. The summed E-state index contributed by atoms with van der Waals surface area (Å²) in [7, 11) is 1.74. The van der Waals surface area contributed by atoms with Gasteiger partial charge in [0.1, 0.15) is 0 Å². The Morgan fingerprint density at radius 1 is 1.27 bits per heavy atom. The number of likely N-dealkylation sites (N-methyl/N-ethyl adjacent to an activating group) is 1. The minimum atomic E-state index is -0.834. The van der Waals surface area contributed by atoms with E-state index in [0.717, 1.165) is 5.69 Å². The number of hydrogen-bond donors (Lipinski definition) is 1. The summed E-state index contributed by atoms with van der Waals surface area (Å²) in [6.45, 7) is 5.43. The van der Waals surface area contributed by atoms with E-state index in [0.29, 0.717) is 0 Å². The highest BCUT2D eigenvalue weighted by molar-refractivity contribution is 5.99. The fourth-order valence-electron chi connectivity index (χ4n) is 1.32. The molecule has 0 unspecified atom stereocenters. The van der Waals surface area contributed by atoms with E-state index in [1.807, 2.05) is 31.2 Å². The average molecular weight is 206 g/mol. The topological polar surface area (TPSA) is 46.3 Å². The van der Waals surface area contributed by atoms with Crippen molar-refractivity contribution in [3.63, 3.8) is 0 Å². The van der Waals surface area contributed by atoms with E-state index < -0.39 is 5.54 Å². The lowest BCUT2D eigenvalue weighted by Crippen LogP contribution is -2.49. The Morgan fingerprint density at radius 3 is 2.13 bits per heavy atom. The van der Waals surface area contributed by atoms with Crippen molar-refractivity contribution in [2.45, 2.75) is 26.3 Å². The van der Waals surface area contributed by atoms with Gasteiger partial charge in [-0.2, -0.15) is 0 Å². The number of nitrogens with zero attached hydrogens (tertiary/aromatic N) is 1. The van der Waals surface area contributed by atoms with Gasteiger partial charge in [-0.15, -0.1) is 0 Å². The van der Waals surface area contributed by atoms with E-state index >= 15 is 0 Å². The number of anilines is 1. The van der Waals surface area contributed by atoms with Gasteiger partial charge in [-0.25, -0.2) is 0 Å². The lowest BCUT2D eigenvalue weighted by molar-refractivity contribution is -0.122. The van der Waals surface area contributed by atoms with Crippen molar-refractivity contribution in [1.29, 1.82) is 0 Å². The second-order valence-electron chi connectivity index (χ2n) is 4.42. The smallest absolute Gasteiger partial charge is 0.246 e. The van der Waals surface area contributed by atoms with Crippen LogP contribution in [0.4, 0.5) is 5.69 Å². The zero-order chi connectivity index (χ0) is 11.6. The second kappa shape index (κ2) is 4.03. The molecule has 1 aromatic rings. The Kier molecular flexibility index (Phi) is 3.15. The molecule has 1 rings (SSSR count). The Hall–Kier alpha value is -1.35. The maximum absolute atomic E-state index is 11.9. The normalized spacial score (nSPS) is 11.3. The van der Waals surface area contributed by atoms with E-state index in [1.54, 1.807) is 25.8 Å². The molecule has 82 valence electrons. The van der Waals surface area contributed by atoms with Crippen LogP contribution in [-0.4, -0.2) is 18.5 Å². The first-order valence-electron chi connectivity index (χ1n) is 4.96. The molecular formula is C12H18N2O. The van der Waals surface area contributed by atoms with Gasteiger partial charge < -0.3 is 10.6 Å². The Bertz CT molecular complexity index is 349. The minimum absolute atomic E-state index is 0.0913. The van der Waals surface area contributed by atoms with Crippen LogP contribution in [0.25, 0.3) is 0 Å². The third-order valence-corrected chi connectivity index (χ3v) is 2.28. The maximum atomic E-state index is 11.9. The van der Waals surface area contributed by atoms with Crippen molar-refractivity contribution < 1.29 is 4.79 Å². The van der Waals surface area contributed by atoms with Crippen LogP contribution in [-0.2, 0) is 4.79 Å².